The molecule has 234 valence electrons. The van der Waals surface area contributed by atoms with Crippen LogP contribution in [-0.2, 0) is 14.2 Å². The molecule has 2 aromatic carbocycles. The van der Waals surface area contributed by atoms with Crippen LogP contribution in [0.25, 0.3) is 22.3 Å². The van der Waals surface area contributed by atoms with Crippen LogP contribution in [0.5, 0.6) is 28.7 Å². The van der Waals surface area contributed by atoms with Gasteiger partial charge in [0.25, 0.3) is 0 Å². The first-order valence-corrected chi connectivity index (χ1v) is 13.0. The monoisotopic (exact) mass is 610 g/mol. The van der Waals surface area contributed by atoms with E-state index in [9.17, 15) is 55.9 Å². The van der Waals surface area contributed by atoms with E-state index in [2.05, 4.69) is 0 Å². The molecule has 10 atom stereocenters. The number of fused-ring (bicyclic) bond motifs is 1. The minimum atomic E-state index is -1.97. The van der Waals surface area contributed by atoms with Gasteiger partial charge in [-0.25, -0.2) is 0 Å². The van der Waals surface area contributed by atoms with Crippen molar-refractivity contribution in [2.45, 2.75) is 68.3 Å². The Morgan fingerprint density at radius 2 is 1.42 bits per heavy atom. The Morgan fingerprint density at radius 3 is 2.12 bits per heavy atom. The van der Waals surface area contributed by atoms with Crippen molar-refractivity contribution in [1.29, 1.82) is 0 Å². The lowest BCUT2D eigenvalue weighted by atomic mass is 9.98. The fourth-order valence-electron chi connectivity index (χ4n) is 4.84. The van der Waals surface area contributed by atoms with Crippen LogP contribution in [0.1, 0.15) is 6.92 Å². The third kappa shape index (κ3) is 5.67. The van der Waals surface area contributed by atoms with Gasteiger partial charge in [-0.05, 0) is 25.1 Å². The summed E-state index contributed by atoms with van der Waals surface area (Å²) in [6, 6.07) is 5.24. The molecule has 2 saturated heterocycles. The molecular weight excluding hydrogens is 580 g/mol. The maximum absolute atomic E-state index is 13.6. The zero-order valence-electron chi connectivity index (χ0n) is 22.3. The van der Waals surface area contributed by atoms with Crippen LogP contribution >= 0.6 is 0 Å². The summed E-state index contributed by atoms with van der Waals surface area (Å²) in [7, 11) is 0. The average molecular weight is 611 g/mol. The van der Waals surface area contributed by atoms with Crippen LogP contribution < -0.4 is 10.2 Å². The third-order valence-corrected chi connectivity index (χ3v) is 7.29. The van der Waals surface area contributed by atoms with Crippen LogP contribution in [0.3, 0.4) is 0 Å². The number of benzene rings is 2. The predicted molar refractivity (Wildman–Crippen MR) is 140 cm³/mol. The van der Waals surface area contributed by atoms with E-state index >= 15 is 0 Å². The molecular formula is C27H30O16. The summed E-state index contributed by atoms with van der Waals surface area (Å²) in [5.41, 5.74) is -1.35. The highest BCUT2D eigenvalue weighted by molar-refractivity contribution is 5.88. The van der Waals surface area contributed by atoms with Gasteiger partial charge >= 0.3 is 0 Å². The molecule has 3 heterocycles. The van der Waals surface area contributed by atoms with Gasteiger partial charge in [0.15, 0.2) is 23.5 Å². The predicted octanol–water partition coefficient (Wildman–Crippen LogP) is -1.69. The number of aliphatic hydroxyl groups excluding tert-OH is 6. The second-order valence-electron chi connectivity index (χ2n) is 10.3. The summed E-state index contributed by atoms with van der Waals surface area (Å²) in [5.74, 6) is -3.33. The van der Waals surface area contributed by atoms with Crippen LogP contribution in [-0.4, -0.2) is 119 Å². The Labute approximate surface area is 241 Å². The molecule has 16 heteroatoms. The van der Waals surface area contributed by atoms with Crippen molar-refractivity contribution in [3.8, 4) is 40.1 Å². The number of ether oxygens (including phenoxy) is 4. The lowest BCUT2D eigenvalue weighted by Gasteiger charge is -2.42. The maximum atomic E-state index is 13.6. The Bertz CT molecular complexity index is 1540. The number of phenols is 4. The summed E-state index contributed by atoms with van der Waals surface area (Å²) in [6.07, 6.45) is -16.2. The topological polar surface area (TPSA) is 269 Å². The van der Waals surface area contributed by atoms with Gasteiger partial charge < -0.3 is 74.4 Å². The number of hydrogen-bond acceptors (Lipinski definition) is 16. The zero-order chi connectivity index (χ0) is 31.3. The molecule has 5 rings (SSSR count). The van der Waals surface area contributed by atoms with E-state index in [1.165, 1.54) is 13.0 Å². The highest BCUT2D eigenvalue weighted by Crippen LogP contribution is 2.39. The second kappa shape index (κ2) is 11.8. The summed E-state index contributed by atoms with van der Waals surface area (Å²) >= 11 is 0. The third-order valence-electron chi connectivity index (χ3n) is 7.29. The number of aliphatic hydroxyl groups is 6. The first kappa shape index (κ1) is 30.7. The smallest absolute Gasteiger partial charge is 0.239 e. The van der Waals surface area contributed by atoms with Crippen molar-refractivity contribution in [1.82, 2.24) is 0 Å². The van der Waals surface area contributed by atoms with Gasteiger partial charge in [-0.1, -0.05) is 0 Å². The highest BCUT2D eigenvalue weighted by Gasteiger charge is 2.47. The van der Waals surface area contributed by atoms with Gasteiger partial charge in [0.1, 0.15) is 65.2 Å². The second-order valence-corrected chi connectivity index (χ2v) is 10.3. The van der Waals surface area contributed by atoms with E-state index in [4.69, 9.17) is 23.4 Å². The molecule has 0 saturated carbocycles. The molecule has 2 fully saturated rings. The largest absolute Gasteiger partial charge is 0.508 e. The molecule has 1 unspecified atom stereocenters. The van der Waals surface area contributed by atoms with E-state index in [0.717, 1.165) is 24.3 Å². The fourth-order valence-corrected chi connectivity index (χ4v) is 4.84. The number of aromatic hydroxyl groups is 4. The molecule has 0 aliphatic carbocycles. The molecule has 0 radical (unpaired) electrons. The van der Waals surface area contributed by atoms with E-state index in [1.807, 2.05) is 0 Å². The number of phenolic OH excluding ortho intramolecular Hbond substituents is 4. The molecule has 3 aromatic rings. The van der Waals surface area contributed by atoms with Gasteiger partial charge in [0.05, 0.1) is 12.7 Å². The fraction of sp³-hybridized carbons (Fsp3) is 0.444. The zero-order valence-corrected chi connectivity index (χ0v) is 22.3. The SMILES string of the molecule is C[C@@H]1O[C@@H](OC[C@H]2O[C@@H](Oc3c(-c4ccc(O)c(O)c4)oc4cc(O)cc(O)c4c3=O)[C@@H](O)C(O)[C@@H]2O)[C@@H](O)[C@@H](O)[C@H]1O. The molecule has 0 bridgehead atoms. The van der Waals surface area contributed by atoms with Crippen LogP contribution in [0.4, 0.5) is 0 Å². The minimum absolute atomic E-state index is 0.0313. The summed E-state index contributed by atoms with van der Waals surface area (Å²) in [6.45, 7) is 0.818. The quantitative estimate of drug-likeness (QED) is 0.140. The van der Waals surface area contributed by atoms with E-state index in [0.29, 0.717) is 0 Å². The van der Waals surface area contributed by atoms with Gasteiger partial charge in [-0.15, -0.1) is 0 Å². The first-order valence-electron chi connectivity index (χ1n) is 13.0. The van der Waals surface area contributed by atoms with Gasteiger partial charge in [0, 0.05) is 17.7 Å². The molecule has 0 amide bonds. The summed E-state index contributed by atoms with van der Waals surface area (Å²) < 4.78 is 27.8. The van der Waals surface area contributed by atoms with Crippen molar-refractivity contribution >= 4 is 11.0 Å². The normalized spacial score (nSPS) is 33.0. The number of rotatable bonds is 6. The molecule has 2 aliphatic heterocycles. The van der Waals surface area contributed by atoms with Crippen LogP contribution in [0.15, 0.2) is 39.5 Å². The van der Waals surface area contributed by atoms with Crippen molar-refractivity contribution < 1.29 is 74.4 Å². The van der Waals surface area contributed by atoms with Gasteiger partial charge in [-0.3, -0.25) is 4.79 Å². The summed E-state index contributed by atoms with van der Waals surface area (Å²) in [4.78, 5) is 13.6. The lowest BCUT2D eigenvalue weighted by molar-refractivity contribution is -0.318. The molecule has 2 aliphatic rings. The molecule has 43 heavy (non-hydrogen) atoms. The highest BCUT2D eigenvalue weighted by atomic mass is 16.7. The lowest BCUT2D eigenvalue weighted by Crippen LogP contribution is -2.61. The van der Waals surface area contributed by atoms with E-state index < -0.39 is 113 Å². The number of hydrogen-bond donors (Lipinski definition) is 10. The average Bonchev–Trinajstić information content (AvgIpc) is 2.96. The standard InChI is InChI=1S/C27H30O16/c1-8-17(32)20(35)22(37)26(40-8)39-7-15-18(33)21(36)23(38)27(42-15)43-25-19(34)16-13(31)5-10(28)6-14(16)41-24(25)9-2-3-11(29)12(30)4-9/h2-6,8,15,17-18,20-23,26-33,35-38H,7H2,1H3/t8-,15+,17-,18+,20-,21?,22-,23-,26+,27-/m0/s1. The van der Waals surface area contributed by atoms with Gasteiger partial charge in [0.2, 0.25) is 17.5 Å². The molecule has 16 nitrogen and oxygen atoms in total. The first-order chi connectivity index (χ1) is 20.3. The van der Waals surface area contributed by atoms with E-state index in [-0.39, 0.29) is 11.1 Å². The summed E-state index contributed by atoms with van der Waals surface area (Å²) in [5, 5.41) is 101. The van der Waals surface area contributed by atoms with Gasteiger partial charge in [-0.2, -0.15) is 0 Å². The minimum Gasteiger partial charge on any atom is -0.508 e. The van der Waals surface area contributed by atoms with E-state index in [1.54, 1.807) is 0 Å². The molecule has 1 aromatic heterocycles. The maximum Gasteiger partial charge on any atom is 0.239 e. The Kier molecular flexibility index (Phi) is 8.41. The van der Waals surface area contributed by atoms with Crippen molar-refractivity contribution in [3.05, 3.63) is 40.6 Å². The molecule has 10 N–H and O–H groups in total. The van der Waals surface area contributed by atoms with Crippen LogP contribution in [0.2, 0.25) is 0 Å². The molecule has 0 spiro atoms. The van der Waals surface area contributed by atoms with Crippen molar-refractivity contribution in [2.75, 3.05) is 6.61 Å². The Morgan fingerprint density at radius 1 is 0.744 bits per heavy atom. The Hall–Kier alpha value is -3.71. The Balaban J connectivity index is 1.48. The van der Waals surface area contributed by atoms with Crippen molar-refractivity contribution in [2.24, 2.45) is 0 Å². The van der Waals surface area contributed by atoms with Crippen LogP contribution in [0, 0.1) is 0 Å². The van der Waals surface area contributed by atoms with Crippen molar-refractivity contribution in [3.63, 3.8) is 0 Å².